The van der Waals surface area contributed by atoms with E-state index in [4.69, 9.17) is 16.1 Å². The summed E-state index contributed by atoms with van der Waals surface area (Å²) in [5, 5.41) is 30.4. The Morgan fingerprint density at radius 3 is 2.45 bits per heavy atom. The van der Waals surface area contributed by atoms with Crippen LogP contribution in [0.4, 0.5) is 0 Å². The van der Waals surface area contributed by atoms with E-state index in [1.54, 1.807) is 0 Å². The number of aromatic nitrogens is 1. The average molecular weight is 663 g/mol. The summed E-state index contributed by atoms with van der Waals surface area (Å²) in [6.07, 6.45) is 9.81. The molecule has 1 aromatic carbocycles. The lowest BCUT2D eigenvalue weighted by molar-refractivity contribution is -0.231. The van der Waals surface area contributed by atoms with Gasteiger partial charge in [0.05, 0.1) is 29.2 Å². The van der Waals surface area contributed by atoms with E-state index in [1.807, 2.05) is 30.3 Å². The van der Waals surface area contributed by atoms with Crippen LogP contribution >= 0.6 is 11.6 Å². The number of allylic oxidation sites excluding steroid dienone is 2. The summed E-state index contributed by atoms with van der Waals surface area (Å²) in [5.74, 6) is 1.74. The molecule has 0 saturated heterocycles. The number of fused-ring (bicyclic) bond motifs is 7. The number of aliphatic hydroxyl groups is 2. The molecule has 7 heteroatoms. The van der Waals surface area contributed by atoms with Gasteiger partial charge in [-0.25, -0.2) is 0 Å². The molecule has 5 aliphatic carbocycles. The molecule has 1 heterocycles. The van der Waals surface area contributed by atoms with E-state index in [2.05, 4.69) is 65.0 Å². The summed E-state index contributed by atoms with van der Waals surface area (Å²) >= 11 is 6.40. The zero-order chi connectivity index (χ0) is 33.8. The van der Waals surface area contributed by atoms with E-state index >= 15 is 0 Å². The van der Waals surface area contributed by atoms with Crippen molar-refractivity contribution in [3.05, 3.63) is 52.8 Å². The summed E-state index contributed by atoms with van der Waals surface area (Å²) in [6, 6.07) is 9.46. The molecule has 0 spiro atoms. The van der Waals surface area contributed by atoms with Crippen LogP contribution in [0, 0.1) is 50.2 Å². The summed E-state index contributed by atoms with van der Waals surface area (Å²) in [5.41, 5.74) is 2.37. The number of aliphatic hydroxyl groups excluding tert-OH is 2. The highest BCUT2D eigenvalue weighted by Crippen LogP contribution is 2.75. The van der Waals surface area contributed by atoms with Crippen LogP contribution in [-0.2, 0) is 11.3 Å². The summed E-state index contributed by atoms with van der Waals surface area (Å²) in [7, 11) is 0. The highest BCUT2D eigenvalue weighted by Gasteiger charge is 2.70. The fraction of sp³-hybridized carbons (Fsp3) is 0.700. The van der Waals surface area contributed by atoms with Gasteiger partial charge in [0.15, 0.2) is 5.76 Å². The van der Waals surface area contributed by atoms with Crippen molar-refractivity contribution in [3.63, 3.8) is 0 Å². The first-order valence-electron chi connectivity index (χ1n) is 18.0. The van der Waals surface area contributed by atoms with Crippen LogP contribution in [0.1, 0.15) is 112 Å². The standard InChI is InChI=1S/C40H55ClN2O4/c1-35(2)16-18-40(34(46)42-23-24-20-29(43-47-24)25-10-8-9-11-28(25)41)19-17-38(6)26(27(40)21-35)12-13-32-37(5)22-30(44)33(45)36(3,4)31(37)14-15-39(32,38)7/h8-12,20,27,30-33,44-45H,13-19,21-23H2,1-7H3,(H,42,46)/t27-,30+,31?,32?,33-,37-,38+,39+,40-/m0/s1. The maximum atomic E-state index is 14.5. The van der Waals surface area contributed by atoms with Crippen molar-refractivity contribution in [3.8, 4) is 11.3 Å². The number of amides is 1. The first kappa shape index (κ1) is 33.4. The Hall–Kier alpha value is -2.15. The average Bonchev–Trinajstić information content (AvgIpc) is 3.48. The lowest BCUT2D eigenvalue weighted by Crippen LogP contribution is -2.67. The molecule has 0 aliphatic heterocycles. The van der Waals surface area contributed by atoms with Gasteiger partial charge in [0.2, 0.25) is 5.91 Å². The molecular weight excluding hydrogens is 608 g/mol. The van der Waals surface area contributed by atoms with Gasteiger partial charge in [0.25, 0.3) is 0 Å². The second-order valence-corrected chi connectivity index (χ2v) is 18.7. The van der Waals surface area contributed by atoms with Crippen molar-refractivity contribution >= 4 is 17.5 Å². The van der Waals surface area contributed by atoms with Crippen molar-refractivity contribution in [2.24, 2.45) is 50.2 Å². The van der Waals surface area contributed by atoms with Gasteiger partial charge in [-0.2, -0.15) is 0 Å². The molecule has 5 aliphatic rings. The van der Waals surface area contributed by atoms with Crippen molar-refractivity contribution < 1.29 is 19.5 Å². The first-order chi connectivity index (χ1) is 22.0. The second-order valence-electron chi connectivity index (χ2n) is 18.3. The van der Waals surface area contributed by atoms with Crippen LogP contribution in [0.3, 0.4) is 0 Å². The van der Waals surface area contributed by atoms with Gasteiger partial charge in [-0.05, 0) is 109 Å². The molecule has 4 fully saturated rings. The van der Waals surface area contributed by atoms with Gasteiger partial charge < -0.3 is 20.1 Å². The monoisotopic (exact) mass is 662 g/mol. The minimum atomic E-state index is -0.696. The van der Waals surface area contributed by atoms with Crippen molar-refractivity contribution in [2.75, 3.05) is 0 Å². The van der Waals surface area contributed by atoms with Crippen molar-refractivity contribution in [2.45, 2.75) is 125 Å². The molecule has 2 aromatic rings. The zero-order valence-corrected chi connectivity index (χ0v) is 30.2. The number of hydrogen-bond acceptors (Lipinski definition) is 5. The third-order valence-corrected chi connectivity index (χ3v) is 15.5. The third-order valence-electron chi connectivity index (χ3n) is 15.2. The normalized spacial score (nSPS) is 41.8. The highest BCUT2D eigenvalue weighted by atomic mass is 35.5. The van der Waals surface area contributed by atoms with E-state index in [1.165, 1.54) is 5.57 Å². The zero-order valence-electron chi connectivity index (χ0n) is 29.5. The van der Waals surface area contributed by atoms with Crippen LogP contribution < -0.4 is 5.32 Å². The van der Waals surface area contributed by atoms with Gasteiger partial charge in [-0.3, -0.25) is 4.79 Å². The molecule has 47 heavy (non-hydrogen) atoms. The summed E-state index contributed by atoms with van der Waals surface area (Å²) in [4.78, 5) is 14.5. The topological polar surface area (TPSA) is 95.6 Å². The fourth-order valence-corrected chi connectivity index (χ4v) is 12.6. The second kappa shape index (κ2) is 10.9. The summed E-state index contributed by atoms with van der Waals surface area (Å²) in [6.45, 7) is 16.9. The largest absolute Gasteiger partial charge is 0.390 e. The number of benzene rings is 1. The van der Waals surface area contributed by atoms with Gasteiger partial charge in [0.1, 0.15) is 5.69 Å². The number of carbonyl (C=O) groups excluding carboxylic acids is 1. The maximum absolute atomic E-state index is 14.5. The van der Waals surface area contributed by atoms with Crippen LogP contribution in [0.2, 0.25) is 5.02 Å². The number of rotatable bonds is 4. The molecule has 7 rings (SSSR count). The Bertz CT molecular complexity index is 1600. The molecule has 4 saturated carbocycles. The van der Waals surface area contributed by atoms with Gasteiger partial charge in [-0.1, -0.05) is 95.1 Å². The number of nitrogens with zero attached hydrogens (tertiary/aromatic N) is 1. The van der Waals surface area contributed by atoms with E-state index < -0.39 is 17.6 Å². The molecule has 256 valence electrons. The molecule has 9 atom stereocenters. The van der Waals surface area contributed by atoms with Gasteiger partial charge >= 0.3 is 0 Å². The number of nitrogens with one attached hydrogen (secondary N) is 1. The quantitative estimate of drug-likeness (QED) is 0.285. The molecule has 1 amide bonds. The maximum Gasteiger partial charge on any atom is 0.227 e. The Morgan fingerprint density at radius 2 is 1.70 bits per heavy atom. The van der Waals surface area contributed by atoms with Crippen molar-refractivity contribution in [1.82, 2.24) is 10.5 Å². The minimum absolute atomic E-state index is 0.0221. The van der Waals surface area contributed by atoms with Gasteiger partial charge in [-0.15, -0.1) is 0 Å². The predicted octanol–water partition coefficient (Wildman–Crippen LogP) is 8.74. The van der Waals surface area contributed by atoms with Crippen LogP contribution in [-0.4, -0.2) is 33.5 Å². The lowest BCUT2D eigenvalue weighted by Gasteiger charge is -2.71. The number of halogens is 1. The SMILES string of the molecule is CC1(C)CC[C@]2(C(=O)NCc3cc(-c4ccccc4Cl)no3)CC[C@]3(C)C(=CCC4[C@@]5(C)C[C@@H](O)[C@H](O)C(C)(C)C5CC[C@]43C)[C@@H]2C1. The van der Waals surface area contributed by atoms with E-state index in [-0.39, 0.29) is 38.9 Å². The lowest BCUT2D eigenvalue weighted by atomic mass is 9.33. The fourth-order valence-electron chi connectivity index (χ4n) is 12.3. The highest BCUT2D eigenvalue weighted by molar-refractivity contribution is 6.33. The number of carbonyl (C=O) groups is 1. The van der Waals surface area contributed by atoms with Crippen LogP contribution in [0.5, 0.6) is 0 Å². The smallest absolute Gasteiger partial charge is 0.227 e. The van der Waals surface area contributed by atoms with Crippen LogP contribution in [0.25, 0.3) is 11.3 Å². The molecular formula is C40H55ClN2O4. The Morgan fingerprint density at radius 1 is 0.979 bits per heavy atom. The Kier molecular flexibility index (Phi) is 7.75. The first-order valence-corrected chi connectivity index (χ1v) is 18.4. The summed E-state index contributed by atoms with van der Waals surface area (Å²) < 4.78 is 5.67. The molecule has 2 unspecified atom stereocenters. The number of hydrogen-bond donors (Lipinski definition) is 3. The Labute approximate surface area is 286 Å². The molecule has 3 N–H and O–H groups in total. The predicted molar refractivity (Wildman–Crippen MR) is 185 cm³/mol. The van der Waals surface area contributed by atoms with E-state index in [0.717, 1.165) is 56.9 Å². The van der Waals surface area contributed by atoms with E-state index in [0.29, 0.717) is 41.3 Å². The van der Waals surface area contributed by atoms with Crippen molar-refractivity contribution in [1.29, 1.82) is 0 Å². The minimum Gasteiger partial charge on any atom is -0.390 e. The molecule has 0 radical (unpaired) electrons. The molecule has 6 nitrogen and oxygen atoms in total. The van der Waals surface area contributed by atoms with E-state index in [9.17, 15) is 15.0 Å². The Balaban J connectivity index is 1.19. The van der Waals surface area contributed by atoms with Gasteiger partial charge in [0, 0.05) is 11.6 Å². The molecule has 1 aromatic heterocycles. The molecule has 0 bridgehead atoms. The van der Waals surface area contributed by atoms with Crippen LogP contribution in [0.15, 0.2) is 46.5 Å². The third kappa shape index (κ3) is 4.77.